The maximum Gasteiger partial charge on any atom is 0.261 e. The molecule has 0 aromatic carbocycles. The first-order valence-electron chi connectivity index (χ1n) is 16.3. The molecule has 0 aliphatic carbocycles. The largest absolute Gasteiger partial charge is 0.306 e. The second-order valence-corrected chi connectivity index (χ2v) is 15.5. The molecule has 0 saturated carbocycles. The van der Waals surface area contributed by atoms with Gasteiger partial charge in [0.1, 0.15) is 0 Å². The van der Waals surface area contributed by atoms with Gasteiger partial charge in [0, 0.05) is 32.6 Å². The highest BCUT2D eigenvalue weighted by molar-refractivity contribution is 7.22. The standard InChI is InChI=1S/C36H46N2O2S3/c1-5-7-9-11-13-15-23-37-33(29-20-18-26(4)42-29)31-32(36(37)40)34(38(35(31)39)24-16-14-12-10-8-6-2)30-22-21-28(43-30)27-19-17-25(3)41-27/h17-22H,5-16,23-24H2,1-4H3. The molecular weight excluding hydrogens is 589 g/mol. The van der Waals surface area contributed by atoms with Crippen LogP contribution in [0.5, 0.6) is 0 Å². The summed E-state index contributed by atoms with van der Waals surface area (Å²) in [6.45, 7) is 10.0. The Balaban J connectivity index is 1.51. The highest BCUT2D eigenvalue weighted by atomic mass is 32.1. The third-order valence-corrected chi connectivity index (χ3v) is 11.7. The second-order valence-electron chi connectivity index (χ2n) is 11.9. The summed E-state index contributed by atoms with van der Waals surface area (Å²) >= 11 is 5.17. The summed E-state index contributed by atoms with van der Waals surface area (Å²) < 4.78 is 0. The molecule has 2 aliphatic rings. The summed E-state index contributed by atoms with van der Waals surface area (Å²) in [6.07, 6.45) is 14.0. The van der Waals surface area contributed by atoms with Gasteiger partial charge in [-0.05, 0) is 63.1 Å². The fraction of sp³-hybridized carbons (Fsp3) is 0.500. The first kappa shape index (κ1) is 31.9. The van der Waals surface area contributed by atoms with E-state index in [-0.39, 0.29) is 11.8 Å². The molecule has 0 atom stereocenters. The van der Waals surface area contributed by atoms with Crippen molar-refractivity contribution >= 4 is 57.2 Å². The Labute approximate surface area is 270 Å². The molecule has 0 unspecified atom stereocenters. The van der Waals surface area contributed by atoms with Gasteiger partial charge in [-0.15, -0.1) is 34.0 Å². The van der Waals surface area contributed by atoms with Crippen molar-refractivity contribution in [2.75, 3.05) is 13.1 Å². The fourth-order valence-electron chi connectivity index (χ4n) is 6.16. The van der Waals surface area contributed by atoms with Crippen molar-refractivity contribution in [2.45, 2.75) is 105 Å². The van der Waals surface area contributed by atoms with E-state index in [1.165, 1.54) is 70.9 Å². The molecule has 2 aliphatic heterocycles. The SMILES string of the molecule is CCCCCCCCN1C(=O)C2=C(c3ccc(-c4ccc(C)s4)s3)N(CCCCCCCC)C(=O)C2=C1c1ccc(C)s1. The molecule has 3 aromatic heterocycles. The topological polar surface area (TPSA) is 40.6 Å². The molecule has 2 amide bonds. The van der Waals surface area contributed by atoms with E-state index >= 15 is 0 Å². The number of aryl methyl sites for hydroxylation is 2. The molecule has 0 spiro atoms. The first-order chi connectivity index (χ1) is 20.9. The van der Waals surface area contributed by atoms with Crippen molar-refractivity contribution < 1.29 is 9.59 Å². The lowest BCUT2D eigenvalue weighted by molar-refractivity contribution is -0.124. The van der Waals surface area contributed by atoms with E-state index in [9.17, 15) is 9.59 Å². The van der Waals surface area contributed by atoms with Crippen LogP contribution >= 0.6 is 34.0 Å². The number of thiophene rings is 3. The van der Waals surface area contributed by atoms with E-state index in [1.807, 2.05) is 9.80 Å². The number of hydrogen-bond donors (Lipinski definition) is 0. The van der Waals surface area contributed by atoms with Crippen molar-refractivity contribution in [1.82, 2.24) is 9.80 Å². The van der Waals surface area contributed by atoms with Crippen molar-refractivity contribution in [3.05, 3.63) is 67.1 Å². The van der Waals surface area contributed by atoms with Crippen LogP contribution in [0.2, 0.25) is 0 Å². The number of rotatable bonds is 17. The summed E-state index contributed by atoms with van der Waals surface area (Å²) in [4.78, 5) is 39.6. The van der Waals surface area contributed by atoms with Gasteiger partial charge in [-0.1, -0.05) is 78.1 Å². The van der Waals surface area contributed by atoms with E-state index in [4.69, 9.17) is 0 Å². The number of hydrogen-bond acceptors (Lipinski definition) is 5. The number of carbonyl (C=O) groups excluding carboxylic acids is 2. The van der Waals surface area contributed by atoms with Crippen LogP contribution in [0.3, 0.4) is 0 Å². The number of carbonyl (C=O) groups is 2. The third kappa shape index (κ3) is 7.10. The third-order valence-electron chi connectivity index (χ3n) is 8.45. The molecular formula is C36H46N2O2S3. The minimum atomic E-state index is 0.000301. The molecule has 3 aromatic rings. The minimum absolute atomic E-state index is 0.000301. The summed E-state index contributed by atoms with van der Waals surface area (Å²) in [6, 6.07) is 12.8. The monoisotopic (exact) mass is 634 g/mol. The van der Waals surface area contributed by atoms with E-state index in [0.717, 1.165) is 46.8 Å². The Bertz CT molecular complexity index is 1490. The maximum absolute atomic E-state index is 14.4. The number of nitrogens with zero attached hydrogens (tertiary/aromatic N) is 2. The summed E-state index contributed by atoms with van der Waals surface area (Å²) in [7, 11) is 0. The maximum atomic E-state index is 14.4. The molecule has 0 fully saturated rings. The molecule has 5 heterocycles. The molecule has 0 bridgehead atoms. The van der Waals surface area contributed by atoms with Gasteiger partial charge in [0.25, 0.3) is 11.8 Å². The van der Waals surface area contributed by atoms with Gasteiger partial charge in [-0.2, -0.15) is 0 Å². The number of amides is 2. The van der Waals surface area contributed by atoms with Crippen LogP contribution in [-0.4, -0.2) is 34.7 Å². The molecule has 0 radical (unpaired) electrons. The molecule has 230 valence electrons. The zero-order valence-electron chi connectivity index (χ0n) is 26.3. The van der Waals surface area contributed by atoms with Crippen LogP contribution in [0.1, 0.15) is 110 Å². The van der Waals surface area contributed by atoms with E-state index in [2.05, 4.69) is 64.1 Å². The van der Waals surface area contributed by atoms with Crippen molar-refractivity contribution in [3.63, 3.8) is 0 Å². The predicted octanol–water partition coefficient (Wildman–Crippen LogP) is 10.7. The average Bonchev–Trinajstić information content (AvgIpc) is 3.82. The van der Waals surface area contributed by atoms with Gasteiger partial charge >= 0.3 is 0 Å². The van der Waals surface area contributed by atoms with Gasteiger partial charge < -0.3 is 9.80 Å². The van der Waals surface area contributed by atoms with Crippen molar-refractivity contribution in [1.29, 1.82) is 0 Å². The highest BCUT2D eigenvalue weighted by Gasteiger charge is 2.49. The predicted molar refractivity (Wildman–Crippen MR) is 185 cm³/mol. The summed E-state index contributed by atoms with van der Waals surface area (Å²) in [5, 5.41) is 0. The molecule has 43 heavy (non-hydrogen) atoms. The molecule has 4 nitrogen and oxygen atoms in total. The van der Waals surface area contributed by atoms with E-state index in [1.54, 1.807) is 34.0 Å². The molecule has 7 heteroatoms. The Kier molecular flexibility index (Phi) is 11.1. The Morgan fingerprint density at radius 2 is 0.860 bits per heavy atom. The van der Waals surface area contributed by atoms with Gasteiger partial charge in [-0.3, -0.25) is 9.59 Å². The molecule has 0 N–H and O–H groups in total. The lowest BCUT2D eigenvalue weighted by atomic mass is 10.1. The minimum Gasteiger partial charge on any atom is -0.306 e. The zero-order valence-corrected chi connectivity index (χ0v) is 28.7. The van der Waals surface area contributed by atoms with Crippen LogP contribution in [-0.2, 0) is 9.59 Å². The summed E-state index contributed by atoms with van der Waals surface area (Å²) in [5.74, 6) is 0.000602. The van der Waals surface area contributed by atoms with Crippen LogP contribution < -0.4 is 0 Å². The number of fused-ring (bicyclic) bond motifs is 1. The van der Waals surface area contributed by atoms with Crippen molar-refractivity contribution in [2.24, 2.45) is 0 Å². The molecule has 0 saturated heterocycles. The van der Waals surface area contributed by atoms with Gasteiger partial charge in [0.05, 0.1) is 32.3 Å². The number of unbranched alkanes of at least 4 members (excludes halogenated alkanes) is 10. The zero-order chi connectivity index (χ0) is 30.3. The average molecular weight is 635 g/mol. The van der Waals surface area contributed by atoms with Gasteiger partial charge in [0.2, 0.25) is 0 Å². The lowest BCUT2D eigenvalue weighted by Gasteiger charge is -2.24. The first-order valence-corrected chi connectivity index (χ1v) is 18.8. The molecule has 5 rings (SSSR count). The Morgan fingerprint density at radius 1 is 0.488 bits per heavy atom. The normalized spacial score (nSPS) is 15.2. The Morgan fingerprint density at radius 3 is 1.33 bits per heavy atom. The van der Waals surface area contributed by atoms with Crippen molar-refractivity contribution in [3.8, 4) is 9.75 Å². The Hall–Kier alpha value is -2.48. The lowest BCUT2D eigenvalue weighted by Crippen LogP contribution is -2.30. The van der Waals surface area contributed by atoms with Crippen LogP contribution in [0.15, 0.2) is 47.5 Å². The summed E-state index contributed by atoms with van der Waals surface area (Å²) in [5.41, 5.74) is 2.92. The second kappa shape index (κ2) is 15.0. The fourth-order valence-corrected chi connectivity index (χ4v) is 9.11. The quantitative estimate of drug-likeness (QED) is 0.139. The smallest absolute Gasteiger partial charge is 0.261 e. The van der Waals surface area contributed by atoms with E-state index < -0.39 is 0 Å². The van der Waals surface area contributed by atoms with Gasteiger partial charge in [0.15, 0.2) is 0 Å². The van der Waals surface area contributed by atoms with Gasteiger partial charge in [-0.25, -0.2) is 0 Å². The van der Waals surface area contributed by atoms with Crippen LogP contribution in [0, 0.1) is 13.8 Å². The van der Waals surface area contributed by atoms with Crippen LogP contribution in [0.25, 0.3) is 21.1 Å². The van der Waals surface area contributed by atoms with Crippen LogP contribution in [0.4, 0.5) is 0 Å². The van der Waals surface area contributed by atoms with E-state index in [0.29, 0.717) is 24.2 Å². The highest BCUT2D eigenvalue weighted by Crippen LogP contribution is 2.49.